The van der Waals surface area contributed by atoms with Crippen molar-refractivity contribution >= 4 is 11.6 Å². The second kappa shape index (κ2) is 4.60. The van der Waals surface area contributed by atoms with Gasteiger partial charge in [-0.15, -0.1) is 0 Å². The molecule has 1 aliphatic carbocycles. The molecule has 0 saturated heterocycles. The lowest BCUT2D eigenvalue weighted by Gasteiger charge is -2.35. The van der Waals surface area contributed by atoms with Gasteiger partial charge in [-0.3, -0.25) is 5.26 Å². The molecule has 1 aromatic rings. The van der Waals surface area contributed by atoms with E-state index in [2.05, 4.69) is 25.7 Å². The van der Waals surface area contributed by atoms with E-state index in [1.165, 1.54) is 29.5 Å². The molecule has 1 N–H and O–H groups in total. The van der Waals surface area contributed by atoms with Crippen molar-refractivity contribution in [1.82, 2.24) is 0 Å². The SMILES string of the molecule is Cc1c(COO)cc(Cl)c2c1C(C)(C)CCC2. The van der Waals surface area contributed by atoms with Crippen molar-refractivity contribution in [2.75, 3.05) is 0 Å². The first-order valence-corrected chi connectivity index (χ1v) is 6.43. The summed E-state index contributed by atoms with van der Waals surface area (Å²) in [4.78, 5) is 4.26. The first-order chi connectivity index (χ1) is 7.97. The number of hydrogen-bond donors (Lipinski definition) is 1. The molecule has 0 amide bonds. The van der Waals surface area contributed by atoms with E-state index in [0.717, 1.165) is 17.0 Å². The van der Waals surface area contributed by atoms with Gasteiger partial charge in [-0.05, 0) is 59.9 Å². The van der Waals surface area contributed by atoms with E-state index in [9.17, 15) is 0 Å². The van der Waals surface area contributed by atoms with Crippen LogP contribution in [0.3, 0.4) is 0 Å². The van der Waals surface area contributed by atoms with Gasteiger partial charge in [0.2, 0.25) is 0 Å². The third kappa shape index (κ3) is 2.22. The molecule has 2 nitrogen and oxygen atoms in total. The summed E-state index contributed by atoms with van der Waals surface area (Å²) >= 11 is 6.35. The van der Waals surface area contributed by atoms with Crippen LogP contribution in [0.4, 0.5) is 0 Å². The van der Waals surface area contributed by atoms with E-state index in [4.69, 9.17) is 16.9 Å². The van der Waals surface area contributed by atoms with Crippen LogP contribution in [-0.2, 0) is 23.3 Å². The van der Waals surface area contributed by atoms with Gasteiger partial charge >= 0.3 is 0 Å². The van der Waals surface area contributed by atoms with E-state index < -0.39 is 0 Å². The number of rotatable bonds is 2. The maximum absolute atomic E-state index is 8.63. The van der Waals surface area contributed by atoms with Crippen LogP contribution >= 0.6 is 11.6 Å². The van der Waals surface area contributed by atoms with Gasteiger partial charge in [-0.25, -0.2) is 4.89 Å². The first-order valence-electron chi connectivity index (χ1n) is 6.05. The van der Waals surface area contributed by atoms with Gasteiger partial charge in [0, 0.05) is 5.02 Å². The Hall–Kier alpha value is -0.570. The molecular formula is C14H19ClO2. The molecule has 0 saturated carbocycles. The third-order valence-electron chi connectivity index (χ3n) is 3.87. The van der Waals surface area contributed by atoms with Crippen LogP contribution in [0.15, 0.2) is 6.07 Å². The Morgan fingerprint density at radius 3 is 2.82 bits per heavy atom. The Morgan fingerprint density at radius 1 is 1.47 bits per heavy atom. The van der Waals surface area contributed by atoms with Crippen LogP contribution in [0, 0.1) is 6.92 Å². The molecule has 0 aliphatic heterocycles. The quantitative estimate of drug-likeness (QED) is 0.631. The predicted octanol–water partition coefficient (Wildman–Crippen LogP) is 4.25. The molecule has 0 heterocycles. The van der Waals surface area contributed by atoms with Crippen LogP contribution in [-0.4, -0.2) is 5.26 Å². The second-order valence-corrected chi connectivity index (χ2v) is 5.91. The van der Waals surface area contributed by atoms with Crippen LogP contribution in [0.2, 0.25) is 5.02 Å². The summed E-state index contributed by atoms with van der Waals surface area (Å²) < 4.78 is 0. The number of benzene rings is 1. The van der Waals surface area contributed by atoms with Gasteiger partial charge in [-0.2, -0.15) is 0 Å². The smallest absolute Gasteiger partial charge is 0.107 e. The molecule has 3 heteroatoms. The summed E-state index contributed by atoms with van der Waals surface area (Å²) in [6.45, 7) is 6.82. The number of halogens is 1. The zero-order valence-corrected chi connectivity index (χ0v) is 11.4. The van der Waals surface area contributed by atoms with E-state index in [-0.39, 0.29) is 12.0 Å². The summed E-state index contributed by atoms with van der Waals surface area (Å²) in [5.41, 5.74) is 4.98. The van der Waals surface area contributed by atoms with Crippen LogP contribution in [0.25, 0.3) is 0 Å². The summed E-state index contributed by atoms with van der Waals surface area (Å²) in [5, 5.41) is 9.44. The molecule has 1 aromatic carbocycles. The van der Waals surface area contributed by atoms with Crippen LogP contribution < -0.4 is 0 Å². The zero-order valence-electron chi connectivity index (χ0n) is 10.6. The van der Waals surface area contributed by atoms with Crippen LogP contribution in [0.5, 0.6) is 0 Å². The molecule has 0 bridgehead atoms. The normalized spacial score (nSPS) is 17.9. The molecule has 2 rings (SSSR count). The van der Waals surface area contributed by atoms with Crippen molar-refractivity contribution in [3.8, 4) is 0 Å². The highest BCUT2D eigenvalue weighted by atomic mass is 35.5. The van der Waals surface area contributed by atoms with E-state index >= 15 is 0 Å². The highest BCUT2D eigenvalue weighted by Gasteiger charge is 2.31. The summed E-state index contributed by atoms with van der Waals surface area (Å²) in [7, 11) is 0. The predicted molar refractivity (Wildman–Crippen MR) is 69.6 cm³/mol. The van der Waals surface area contributed by atoms with E-state index in [1.54, 1.807) is 0 Å². The molecule has 1 aliphatic rings. The minimum atomic E-state index is 0.159. The lowest BCUT2D eigenvalue weighted by atomic mass is 9.70. The molecule has 0 atom stereocenters. The molecule has 0 spiro atoms. The van der Waals surface area contributed by atoms with Crippen molar-refractivity contribution in [3.63, 3.8) is 0 Å². The monoisotopic (exact) mass is 254 g/mol. The van der Waals surface area contributed by atoms with Crippen molar-refractivity contribution in [2.45, 2.75) is 52.1 Å². The maximum Gasteiger partial charge on any atom is 0.107 e. The fourth-order valence-corrected chi connectivity index (χ4v) is 3.39. The molecule has 94 valence electrons. The highest BCUT2D eigenvalue weighted by Crippen LogP contribution is 2.42. The van der Waals surface area contributed by atoms with Crippen LogP contribution in [0.1, 0.15) is 48.9 Å². The Bertz CT molecular complexity index is 438. The highest BCUT2D eigenvalue weighted by molar-refractivity contribution is 6.31. The topological polar surface area (TPSA) is 29.5 Å². The van der Waals surface area contributed by atoms with E-state index in [1.807, 2.05) is 6.07 Å². The second-order valence-electron chi connectivity index (χ2n) is 5.51. The molecular weight excluding hydrogens is 236 g/mol. The third-order valence-corrected chi connectivity index (χ3v) is 4.21. The fraction of sp³-hybridized carbons (Fsp3) is 0.571. The van der Waals surface area contributed by atoms with Gasteiger partial charge in [0.1, 0.15) is 6.61 Å². The lowest BCUT2D eigenvalue weighted by molar-refractivity contribution is -0.253. The van der Waals surface area contributed by atoms with Gasteiger partial charge in [0.05, 0.1) is 0 Å². The van der Waals surface area contributed by atoms with Crippen molar-refractivity contribution < 1.29 is 10.1 Å². The Morgan fingerprint density at radius 2 is 2.18 bits per heavy atom. The standard InChI is InChI=1S/C14H19ClO2/c1-9-10(8-17-16)7-12(15)11-5-4-6-14(2,3)13(9)11/h7,16H,4-6,8H2,1-3H3. The molecule has 0 radical (unpaired) electrons. The average Bonchev–Trinajstić information content (AvgIpc) is 2.24. The lowest BCUT2D eigenvalue weighted by Crippen LogP contribution is -2.26. The van der Waals surface area contributed by atoms with Gasteiger partial charge in [-0.1, -0.05) is 25.4 Å². The van der Waals surface area contributed by atoms with Gasteiger partial charge in [0.15, 0.2) is 0 Å². The summed E-state index contributed by atoms with van der Waals surface area (Å²) in [6, 6.07) is 1.92. The van der Waals surface area contributed by atoms with Crippen molar-refractivity contribution in [1.29, 1.82) is 0 Å². The van der Waals surface area contributed by atoms with Gasteiger partial charge in [0.25, 0.3) is 0 Å². The Balaban J connectivity index is 2.63. The minimum Gasteiger partial charge on any atom is -0.251 e. The number of fused-ring (bicyclic) bond motifs is 1. The fourth-order valence-electron chi connectivity index (χ4n) is 3.07. The summed E-state index contributed by atoms with van der Waals surface area (Å²) in [5.74, 6) is 0. The molecule has 0 aromatic heterocycles. The maximum atomic E-state index is 8.63. The molecule has 0 fully saturated rings. The van der Waals surface area contributed by atoms with Crippen molar-refractivity contribution in [2.24, 2.45) is 0 Å². The van der Waals surface area contributed by atoms with Crippen molar-refractivity contribution in [3.05, 3.63) is 33.3 Å². The first kappa shape index (κ1) is 12.9. The Kier molecular flexibility index (Phi) is 3.48. The summed E-state index contributed by atoms with van der Waals surface area (Å²) in [6.07, 6.45) is 3.42. The van der Waals surface area contributed by atoms with E-state index in [0.29, 0.717) is 0 Å². The largest absolute Gasteiger partial charge is 0.251 e. The molecule has 17 heavy (non-hydrogen) atoms. The van der Waals surface area contributed by atoms with Gasteiger partial charge < -0.3 is 0 Å². The molecule has 0 unspecified atom stereocenters. The zero-order chi connectivity index (χ0) is 12.6. The number of hydrogen-bond acceptors (Lipinski definition) is 2. The average molecular weight is 255 g/mol. The minimum absolute atomic E-state index is 0.159. The Labute approximate surface area is 107 Å².